The number of rotatable bonds is 7. The average Bonchev–Trinajstić information content (AvgIpc) is 2.77. The van der Waals surface area contributed by atoms with Crippen LogP contribution >= 0.6 is 31.9 Å². The molecule has 3 aromatic carbocycles. The van der Waals surface area contributed by atoms with Gasteiger partial charge in [0.25, 0.3) is 11.6 Å². The Bertz CT molecular complexity index is 1220. The van der Waals surface area contributed by atoms with Crippen molar-refractivity contribution in [3.63, 3.8) is 0 Å². The second-order valence-corrected chi connectivity index (χ2v) is 8.25. The Morgan fingerprint density at radius 3 is 2.44 bits per heavy atom. The largest absolute Gasteiger partial charge is 0.482 e. The summed E-state index contributed by atoms with van der Waals surface area (Å²) >= 11 is 6.85. The summed E-state index contributed by atoms with van der Waals surface area (Å²) in [5.74, 6) is 0.0443. The fourth-order valence-electron chi connectivity index (χ4n) is 2.79. The number of halogens is 2. The monoisotopic (exact) mass is 555 g/mol. The molecular formula is C23H15Br2N3O4. The van der Waals surface area contributed by atoms with Gasteiger partial charge in [-0.15, -0.1) is 0 Å². The molecule has 7 nitrogen and oxygen atoms in total. The first-order valence-electron chi connectivity index (χ1n) is 9.20. The molecule has 3 rings (SSSR count). The van der Waals surface area contributed by atoms with Gasteiger partial charge in [0, 0.05) is 27.9 Å². The predicted molar refractivity (Wildman–Crippen MR) is 129 cm³/mol. The highest BCUT2D eigenvalue weighted by molar-refractivity contribution is 9.11. The van der Waals surface area contributed by atoms with E-state index in [1.165, 1.54) is 24.3 Å². The smallest absolute Gasteiger partial charge is 0.269 e. The van der Waals surface area contributed by atoms with Crippen molar-refractivity contribution in [3.8, 4) is 11.8 Å². The summed E-state index contributed by atoms with van der Waals surface area (Å²) in [6, 6.07) is 20.3. The van der Waals surface area contributed by atoms with Crippen LogP contribution in [-0.4, -0.2) is 17.4 Å². The third kappa shape index (κ3) is 6.03. The molecule has 0 aliphatic carbocycles. The molecular weight excluding hydrogens is 542 g/mol. The van der Waals surface area contributed by atoms with Crippen molar-refractivity contribution in [1.82, 2.24) is 0 Å². The summed E-state index contributed by atoms with van der Waals surface area (Å²) in [5.41, 5.74) is 1.94. The van der Waals surface area contributed by atoms with Crippen molar-refractivity contribution < 1.29 is 14.5 Å². The molecule has 0 radical (unpaired) electrons. The third-order valence-corrected chi connectivity index (χ3v) is 5.30. The molecule has 0 spiro atoms. The van der Waals surface area contributed by atoms with Crippen molar-refractivity contribution in [3.05, 3.63) is 96.9 Å². The fourth-order valence-corrected chi connectivity index (χ4v) is 4.17. The molecule has 0 unspecified atom stereocenters. The molecule has 0 heterocycles. The van der Waals surface area contributed by atoms with Crippen LogP contribution in [0.15, 0.2) is 75.7 Å². The maximum Gasteiger partial charge on any atom is 0.269 e. The number of ether oxygens (including phenoxy) is 1. The predicted octanol–water partition coefficient (Wildman–Crippen LogP) is 6.20. The Kier molecular flexibility index (Phi) is 7.76. The Labute approximate surface area is 200 Å². The lowest BCUT2D eigenvalue weighted by Crippen LogP contribution is -2.20. The van der Waals surface area contributed by atoms with E-state index in [0.717, 1.165) is 4.47 Å². The van der Waals surface area contributed by atoms with Crippen LogP contribution in [0.4, 0.5) is 11.4 Å². The molecule has 0 aromatic heterocycles. The van der Waals surface area contributed by atoms with Gasteiger partial charge in [0.15, 0.2) is 6.61 Å². The Hall–Kier alpha value is -3.48. The molecule has 0 atom stereocenters. The van der Waals surface area contributed by atoms with Crippen molar-refractivity contribution >= 4 is 60.8 Å². The first-order valence-corrected chi connectivity index (χ1v) is 10.8. The number of benzene rings is 3. The van der Waals surface area contributed by atoms with E-state index >= 15 is 0 Å². The number of carbonyl (C=O) groups is 1. The lowest BCUT2D eigenvalue weighted by Gasteiger charge is -2.13. The average molecular weight is 557 g/mol. The highest BCUT2D eigenvalue weighted by atomic mass is 79.9. The molecule has 0 fully saturated rings. The van der Waals surface area contributed by atoms with Crippen molar-refractivity contribution in [2.75, 3.05) is 11.9 Å². The van der Waals surface area contributed by atoms with E-state index in [0.29, 0.717) is 27.0 Å². The molecule has 0 bridgehead atoms. The number of nitro groups is 1. The van der Waals surface area contributed by atoms with Crippen LogP contribution in [0.25, 0.3) is 11.6 Å². The van der Waals surface area contributed by atoms with E-state index in [-0.39, 0.29) is 23.8 Å². The van der Waals surface area contributed by atoms with Crippen LogP contribution in [-0.2, 0) is 4.79 Å². The number of anilines is 1. The molecule has 32 heavy (non-hydrogen) atoms. The number of allylic oxidation sites excluding steroid dienone is 1. The van der Waals surface area contributed by atoms with Gasteiger partial charge in [-0.1, -0.05) is 34.1 Å². The van der Waals surface area contributed by atoms with Gasteiger partial charge in [0.1, 0.15) is 5.75 Å². The number of nitriles is 1. The van der Waals surface area contributed by atoms with Gasteiger partial charge >= 0.3 is 0 Å². The van der Waals surface area contributed by atoms with Gasteiger partial charge in [0.2, 0.25) is 0 Å². The minimum absolute atomic E-state index is 0.0651. The Balaban J connectivity index is 1.86. The number of non-ortho nitro benzene ring substituents is 1. The van der Waals surface area contributed by atoms with Crippen LogP contribution in [0, 0.1) is 21.4 Å². The zero-order chi connectivity index (χ0) is 23.1. The quantitative estimate of drug-likeness (QED) is 0.161. The molecule has 1 amide bonds. The number of para-hydroxylation sites is 1. The van der Waals surface area contributed by atoms with Crippen LogP contribution in [0.3, 0.4) is 0 Å². The van der Waals surface area contributed by atoms with E-state index < -0.39 is 4.92 Å². The molecule has 0 aliphatic rings. The van der Waals surface area contributed by atoms with E-state index in [9.17, 15) is 20.2 Å². The lowest BCUT2D eigenvalue weighted by molar-refractivity contribution is -0.384. The molecule has 0 saturated heterocycles. The minimum Gasteiger partial charge on any atom is -0.482 e. The highest BCUT2D eigenvalue weighted by Crippen LogP contribution is 2.35. The molecule has 9 heteroatoms. The summed E-state index contributed by atoms with van der Waals surface area (Å²) in [6.07, 6.45) is 1.60. The second-order valence-electron chi connectivity index (χ2n) is 6.48. The minimum atomic E-state index is -0.503. The van der Waals surface area contributed by atoms with Gasteiger partial charge < -0.3 is 10.1 Å². The second kappa shape index (κ2) is 10.7. The van der Waals surface area contributed by atoms with Crippen LogP contribution in [0.1, 0.15) is 11.1 Å². The number of hydrogen-bond acceptors (Lipinski definition) is 5. The zero-order valence-corrected chi connectivity index (χ0v) is 19.6. The number of carbonyl (C=O) groups excluding carboxylic acids is 1. The van der Waals surface area contributed by atoms with Gasteiger partial charge in [-0.3, -0.25) is 14.9 Å². The van der Waals surface area contributed by atoms with Gasteiger partial charge in [-0.05, 0) is 64.0 Å². The molecule has 1 N–H and O–H groups in total. The lowest BCUT2D eigenvalue weighted by atomic mass is 10.0. The van der Waals surface area contributed by atoms with Gasteiger partial charge in [-0.2, -0.15) is 5.26 Å². The number of nitro benzene ring substituents is 1. The maximum atomic E-state index is 12.3. The SMILES string of the molecule is N#C/C(=C\c1cc(Br)cc(Br)c1OCC(=O)Nc1ccccc1)c1ccc([N+](=O)[O-])cc1. The van der Waals surface area contributed by atoms with E-state index in [4.69, 9.17) is 4.74 Å². The summed E-state index contributed by atoms with van der Waals surface area (Å²) in [4.78, 5) is 22.6. The maximum absolute atomic E-state index is 12.3. The number of hydrogen-bond donors (Lipinski definition) is 1. The number of nitrogens with zero attached hydrogens (tertiary/aromatic N) is 2. The topological polar surface area (TPSA) is 105 Å². The van der Waals surface area contributed by atoms with E-state index in [2.05, 4.69) is 43.2 Å². The first kappa shape index (κ1) is 23.2. The van der Waals surface area contributed by atoms with Crippen molar-refractivity contribution in [2.24, 2.45) is 0 Å². The van der Waals surface area contributed by atoms with Crippen LogP contribution in [0.2, 0.25) is 0 Å². The number of nitrogens with one attached hydrogen (secondary N) is 1. The summed E-state index contributed by atoms with van der Waals surface area (Å²) in [7, 11) is 0. The molecule has 3 aromatic rings. The standard InChI is InChI=1S/C23H15Br2N3O4/c24-18-11-16(10-17(13-26)15-6-8-20(9-7-15)28(30)31)23(21(25)12-18)32-14-22(29)27-19-4-2-1-3-5-19/h1-12H,14H2,(H,27,29)/b17-10+. The Morgan fingerprint density at radius 1 is 1.12 bits per heavy atom. The molecule has 160 valence electrons. The van der Waals surface area contributed by atoms with Gasteiger partial charge in [0.05, 0.1) is 21.0 Å². The van der Waals surface area contributed by atoms with Gasteiger partial charge in [-0.25, -0.2) is 0 Å². The van der Waals surface area contributed by atoms with Crippen molar-refractivity contribution in [2.45, 2.75) is 0 Å². The fraction of sp³-hybridized carbons (Fsp3) is 0.0435. The Morgan fingerprint density at radius 2 is 1.81 bits per heavy atom. The van der Waals surface area contributed by atoms with Crippen LogP contribution < -0.4 is 10.1 Å². The summed E-state index contributed by atoms with van der Waals surface area (Å²) < 4.78 is 7.09. The highest BCUT2D eigenvalue weighted by Gasteiger charge is 2.14. The normalized spacial score (nSPS) is 10.8. The molecule has 0 aliphatic heterocycles. The molecule has 0 saturated carbocycles. The third-order valence-electron chi connectivity index (χ3n) is 4.25. The first-order chi connectivity index (χ1) is 15.4. The van der Waals surface area contributed by atoms with E-state index in [1.807, 2.05) is 18.2 Å². The number of amides is 1. The summed E-state index contributed by atoms with van der Waals surface area (Å²) in [5, 5.41) is 23.3. The summed E-state index contributed by atoms with van der Waals surface area (Å²) in [6.45, 7) is -0.241. The van der Waals surface area contributed by atoms with Crippen LogP contribution in [0.5, 0.6) is 5.75 Å². The van der Waals surface area contributed by atoms with E-state index in [1.54, 1.807) is 30.3 Å². The zero-order valence-electron chi connectivity index (χ0n) is 16.4. The van der Waals surface area contributed by atoms with Crippen molar-refractivity contribution in [1.29, 1.82) is 5.26 Å².